The van der Waals surface area contributed by atoms with E-state index in [2.05, 4.69) is 9.91 Å². The lowest BCUT2D eigenvalue weighted by Gasteiger charge is -2.19. The SMILES string of the molecule is CCCCCC(C)(N=O)OC(N)=O. The summed E-state index contributed by atoms with van der Waals surface area (Å²) in [5, 5.41) is 2.76. The van der Waals surface area contributed by atoms with E-state index in [9.17, 15) is 9.70 Å². The number of amides is 1. The molecule has 0 saturated heterocycles. The molecule has 0 radical (unpaired) electrons. The number of nitrogens with two attached hydrogens (primary N) is 1. The van der Waals surface area contributed by atoms with Crippen molar-refractivity contribution in [3.05, 3.63) is 4.91 Å². The van der Waals surface area contributed by atoms with E-state index < -0.39 is 11.8 Å². The zero-order valence-corrected chi connectivity index (χ0v) is 8.08. The number of nitroso groups, excluding NO2 is 1. The summed E-state index contributed by atoms with van der Waals surface area (Å²) in [4.78, 5) is 20.8. The maximum atomic E-state index is 10.4. The predicted molar refractivity (Wildman–Crippen MR) is 49.0 cm³/mol. The summed E-state index contributed by atoms with van der Waals surface area (Å²) in [5.41, 5.74) is 3.51. The molecule has 13 heavy (non-hydrogen) atoms. The first-order valence-electron chi connectivity index (χ1n) is 4.37. The van der Waals surface area contributed by atoms with Crippen molar-refractivity contribution in [3.8, 4) is 0 Å². The quantitative estimate of drug-likeness (QED) is 0.512. The van der Waals surface area contributed by atoms with Crippen molar-refractivity contribution < 1.29 is 9.53 Å². The van der Waals surface area contributed by atoms with Gasteiger partial charge in [0.05, 0.1) is 0 Å². The molecule has 0 fully saturated rings. The number of hydrogen-bond acceptors (Lipinski definition) is 4. The lowest BCUT2D eigenvalue weighted by atomic mass is 10.1. The molecule has 5 nitrogen and oxygen atoms in total. The summed E-state index contributed by atoms with van der Waals surface area (Å²) < 4.78 is 4.59. The molecule has 0 aliphatic carbocycles. The van der Waals surface area contributed by atoms with Gasteiger partial charge in [-0.15, -0.1) is 4.91 Å². The molecular formula is C8H16N2O3. The highest BCUT2D eigenvalue weighted by molar-refractivity contribution is 5.65. The number of rotatable bonds is 6. The van der Waals surface area contributed by atoms with Crippen LogP contribution in [-0.2, 0) is 4.74 Å². The highest BCUT2D eigenvalue weighted by Crippen LogP contribution is 2.20. The minimum absolute atomic E-state index is 0.424. The minimum Gasteiger partial charge on any atom is -0.418 e. The lowest BCUT2D eigenvalue weighted by Crippen LogP contribution is -2.31. The molecule has 1 amide bonds. The molecule has 0 rings (SSSR count). The smallest absolute Gasteiger partial charge is 0.406 e. The Bertz CT molecular complexity index is 184. The Labute approximate surface area is 77.6 Å². The van der Waals surface area contributed by atoms with Gasteiger partial charge in [-0.25, -0.2) is 4.79 Å². The van der Waals surface area contributed by atoms with Gasteiger partial charge in [0, 0.05) is 13.3 Å². The second kappa shape index (κ2) is 5.50. The van der Waals surface area contributed by atoms with E-state index in [1.807, 2.05) is 6.92 Å². The number of carbonyl (C=O) groups excluding carboxylic acids is 1. The number of carbonyl (C=O) groups is 1. The van der Waals surface area contributed by atoms with Crippen LogP contribution in [-0.4, -0.2) is 11.8 Å². The fourth-order valence-corrected chi connectivity index (χ4v) is 1.04. The highest BCUT2D eigenvalue weighted by Gasteiger charge is 2.28. The summed E-state index contributed by atoms with van der Waals surface area (Å²) in [7, 11) is 0. The Morgan fingerprint density at radius 2 is 2.15 bits per heavy atom. The van der Waals surface area contributed by atoms with Crippen LogP contribution < -0.4 is 5.73 Å². The van der Waals surface area contributed by atoms with E-state index >= 15 is 0 Å². The average molecular weight is 188 g/mol. The molecule has 0 aliphatic rings. The maximum Gasteiger partial charge on any atom is 0.406 e. The van der Waals surface area contributed by atoms with Crippen molar-refractivity contribution in [3.63, 3.8) is 0 Å². The fourth-order valence-electron chi connectivity index (χ4n) is 1.04. The summed E-state index contributed by atoms with van der Waals surface area (Å²) in [6, 6.07) is 0. The summed E-state index contributed by atoms with van der Waals surface area (Å²) in [5.74, 6) is 0. The van der Waals surface area contributed by atoms with Crippen LogP contribution in [0.25, 0.3) is 0 Å². The van der Waals surface area contributed by atoms with E-state index in [4.69, 9.17) is 5.73 Å². The molecule has 0 aliphatic heterocycles. The molecule has 0 saturated carbocycles. The van der Waals surface area contributed by atoms with Crippen LogP contribution in [0, 0.1) is 4.91 Å². The first kappa shape index (κ1) is 11.9. The van der Waals surface area contributed by atoms with Crippen LogP contribution in [0.4, 0.5) is 4.79 Å². The van der Waals surface area contributed by atoms with Gasteiger partial charge in [0.2, 0.25) is 5.72 Å². The number of ether oxygens (including phenoxy) is 1. The molecule has 0 spiro atoms. The minimum atomic E-state index is -1.29. The van der Waals surface area contributed by atoms with Gasteiger partial charge in [0.15, 0.2) is 0 Å². The van der Waals surface area contributed by atoms with E-state index in [0.717, 1.165) is 19.3 Å². The standard InChI is InChI=1S/C8H16N2O3/c1-3-4-5-6-8(2,10-12)13-7(9)11/h3-6H2,1-2H3,(H2,9,11). The first-order chi connectivity index (χ1) is 6.04. The van der Waals surface area contributed by atoms with Crippen LogP contribution in [0.5, 0.6) is 0 Å². The zero-order chi connectivity index (χ0) is 10.3. The van der Waals surface area contributed by atoms with Gasteiger partial charge in [-0.1, -0.05) is 19.8 Å². The van der Waals surface area contributed by atoms with Gasteiger partial charge < -0.3 is 10.5 Å². The molecule has 1 unspecified atom stereocenters. The largest absolute Gasteiger partial charge is 0.418 e. The van der Waals surface area contributed by atoms with Crippen molar-refractivity contribution in [2.45, 2.75) is 45.3 Å². The third kappa shape index (κ3) is 5.16. The number of nitrogens with zero attached hydrogens (tertiary/aromatic N) is 1. The van der Waals surface area contributed by atoms with Crippen LogP contribution in [0.2, 0.25) is 0 Å². The van der Waals surface area contributed by atoms with E-state index in [0.29, 0.717) is 6.42 Å². The number of hydrogen-bond donors (Lipinski definition) is 1. The van der Waals surface area contributed by atoms with Gasteiger partial charge in [-0.2, -0.15) is 0 Å². The molecule has 0 aromatic rings. The fraction of sp³-hybridized carbons (Fsp3) is 0.875. The second-order valence-electron chi connectivity index (χ2n) is 3.14. The Morgan fingerprint density at radius 3 is 2.54 bits per heavy atom. The highest BCUT2D eigenvalue weighted by atomic mass is 16.6. The Hall–Kier alpha value is -1.13. The Morgan fingerprint density at radius 1 is 1.54 bits per heavy atom. The molecule has 0 aromatic carbocycles. The molecule has 2 N–H and O–H groups in total. The van der Waals surface area contributed by atoms with Crippen LogP contribution in [0.3, 0.4) is 0 Å². The Kier molecular flexibility index (Phi) is 5.03. The molecule has 0 heterocycles. The van der Waals surface area contributed by atoms with Crippen LogP contribution >= 0.6 is 0 Å². The lowest BCUT2D eigenvalue weighted by molar-refractivity contribution is 0.0283. The van der Waals surface area contributed by atoms with Gasteiger partial charge in [-0.05, 0) is 11.6 Å². The third-order valence-corrected chi connectivity index (χ3v) is 1.76. The summed E-state index contributed by atoms with van der Waals surface area (Å²) in [6.45, 7) is 3.50. The van der Waals surface area contributed by atoms with Crippen molar-refractivity contribution in [2.75, 3.05) is 0 Å². The molecular weight excluding hydrogens is 172 g/mol. The summed E-state index contributed by atoms with van der Waals surface area (Å²) >= 11 is 0. The third-order valence-electron chi connectivity index (χ3n) is 1.76. The second-order valence-corrected chi connectivity index (χ2v) is 3.14. The first-order valence-corrected chi connectivity index (χ1v) is 4.37. The molecule has 0 aromatic heterocycles. The predicted octanol–water partition coefficient (Wildman–Crippen LogP) is 2.14. The average Bonchev–Trinajstić information content (AvgIpc) is 2.04. The van der Waals surface area contributed by atoms with Crippen molar-refractivity contribution in [1.82, 2.24) is 0 Å². The van der Waals surface area contributed by atoms with Gasteiger partial charge in [0.25, 0.3) is 0 Å². The van der Waals surface area contributed by atoms with Crippen LogP contribution in [0.15, 0.2) is 5.18 Å². The van der Waals surface area contributed by atoms with Crippen molar-refractivity contribution in [1.29, 1.82) is 0 Å². The number of unbranched alkanes of at least 4 members (excludes halogenated alkanes) is 2. The molecule has 0 bridgehead atoms. The number of primary amides is 1. The van der Waals surface area contributed by atoms with Gasteiger partial charge >= 0.3 is 6.09 Å². The van der Waals surface area contributed by atoms with Gasteiger partial charge in [-0.3, -0.25) is 0 Å². The van der Waals surface area contributed by atoms with Crippen molar-refractivity contribution >= 4 is 6.09 Å². The van der Waals surface area contributed by atoms with E-state index in [1.54, 1.807) is 0 Å². The zero-order valence-electron chi connectivity index (χ0n) is 8.08. The van der Waals surface area contributed by atoms with Gasteiger partial charge in [0.1, 0.15) is 0 Å². The molecule has 1 atom stereocenters. The van der Waals surface area contributed by atoms with E-state index in [-0.39, 0.29) is 0 Å². The van der Waals surface area contributed by atoms with E-state index in [1.165, 1.54) is 6.92 Å². The topological polar surface area (TPSA) is 81.8 Å². The monoisotopic (exact) mass is 188 g/mol. The normalized spacial score (nSPS) is 14.6. The Balaban J connectivity index is 3.96. The molecule has 5 heteroatoms. The van der Waals surface area contributed by atoms with Crippen LogP contribution in [0.1, 0.15) is 39.5 Å². The summed E-state index contributed by atoms with van der Waals surface area (Å²) in [6.07, 6.45) is 2.27. The molecule has 76 valence electrons. The maximum absolute atomic E-state index is 10.4. The van der Waals surface area contributed by atoms with Crippen molar-refractivity contribution in [2.24, 2.45) is 10.9 Å².